The summed E-state index contributed by atoms with van der Waals surface area (Å²) in [7, 11) is 0. The summed E-state index contributed by atoms with van der Waals surface area (Å²) in [4.78, 5) is 11.1. The van der Waals surface area contributed by atoms with Crippen molar-refractivity contribution in [1.29, 1.82) is 0 Å². The van der Waals surface area contributed by atoms with Gasteiger partial charge in [0.1, 0.15) is 13.2 Å². The molecule has 1 aliphatic heterocycles. The number of nitrogens with two attached hydrogens (primary N) is 1. The van der Waals surface area contributed by atoms with Crippen molar-refractivity contribution in [3.63, 3.8) is 0 Å². The molecule has 116 valence electrons. The number of anilines is 2. The van der Waals surface area contributed by atoms with Crippen LogP contribution < -0.4 is 20.5 Å². The lowest BCUT2D eigenvalue weighted by atomic mass is 10.2. The van der Waals surface area contributed by atoms with Gasteiger partial charge in [-0.25, -0.2) is 0 Å². The van der Waals surface area contributed by atoms with Gasteiger partial charge in [-0.1, -0.05) is 0 Å². The number of halogens is 5. The van der Waals surface area contributed by atoms with Gasteiger partial charge in [0.15, 0.2) is 11.5 Å². The zero-order chi connectivity index (χ0) is 15.8. The Morgan fingerprint density at radius 1 is 1.10 bits per heavy atom. The van der Waals surface area contributed by atoms with Gasteiger partial charge in [-0.15, -0.1) is 0 Å². The Balaban J connectivity index is 2.26. The molecule has 0 aromatic heterocycles. The average molecular weight is 312 g/mol. The molecule has 1 heterocycles. The van der Waals surface area contributed by atoms with Crippen LogP contribution in [0.15, 0.2) is 12.1 Å². The molecule has 0 fully saturated rings. The highest BCUT2D eigenvalue weighted by Crippen LogP contribution is 2.39. The third kappa shape index (κ3) is 2.78. The maximum absolute atomic E-state index is 12.8. The van der Waals surface area contributed by atoms with Crippen molar-refractivity contribution in [1.82, 2.24) is 0 Å². The first kappa shape index (κ1) is 15.1. The van der Waals surface area contributed by atoms with Gasteiger partial charge in [-0.3, -0.25) is 4.79 Å². The fourth-order valence-corrected chi connectivity index (χ4v) is 1.54. The van der Waals surface area contributed by atoms with Crippen LogP contribution in [0.2, 0.25) is 0 Å². The van der Waals surface area contributed by atoms with Crippen molar-refractivity contribution in [2.45, 2.75) is 12.1 Å². The summed E-state index contributed by atoms with van der Waals surface area (Å²) in [5.74, 6) is -7.77. The Kier molecular flexibility index (Phi) is 3.56. The Labute approximate surface area is 114 Å². The Morgan fingerprint density at radius 3 is 2.14 bits per heavy atom. The monoisotopic (exact) mass is 312 g/mol. The SMILES string of the molecule is Nc1cc2c(cc1NC(=O)C(F)(F)C(F)(F)F)OCCO2. The topological polar surface area (TPSA) is 73.6 Å². The van der Waals surface area contributed by atoms with E-state index in [-0.39, 0.29) is 30.4 Å². The summed E-state index contributed by atoms with van der Waals surface area (Å²) in [6, 6.07) is 2.18. The van der Waals surface area contributed by atoms with Crippen LogP contribution >= 0.6 is 0 Å². The van der Waals surface area contributed by atoms with Gasteiger partial charge in [0, 0.05) is 12.1 Å². The van der Waals surface area contributed by atoms with Crippen molar-refractivity contribution in [3.8, 4) is 11.5 Å². The number of fused-ring (bicyclic) bond motifs is 1. The Bertz CT molecular complexity index is 574. The zero-order valence-corrected chi connectivity index (χ0v) is 10.3. The number of hydrogen-bond acceptors (Lipinski definition) is 4. The van der Waals surface area contributed by atoms with Crippen LogP contribution in [0.4, 0.5) is 33.3 Å². The van der Waals surface area contributed by atoms with Gasteiger partial charge in [0.2, 0.25) is 0 Å². The quantitative estimate of drug-likeness (QED) is 0.648. The van der Waals surface area contributed by atoms with E-state index in [1.807, 2.05) is 0 Å². The molecule has 1 amide bonds. The first-order valence-electron chi connectivity index (χ1n) is 5.58. The van der Waals surface area contributed by atoms with E-state index in [1.165, 1.54) is 5.32 Å². The van der Waals surface area contributed by atoms with E-state index in [0.717, 1.165) is 12.1 Å². The number of alkyl halides is 5. The number of carbonyl (C=O) groups is 1. The fraction of sp³-hybridized carbons (Fsp3) is 0.364. The predicted octanol–water partition coefficient (Wildman–Crippen LogP) is 2.18. The number of ether oxygens (including phenoxy) is 2. The first-order valence-corrected chi connectivity index (χ1v) is 5.58. The van der Waals surface area contributed by atoms with Crippen LogP contribution in [0, 0.1) is 0 Å². The number of amides is 1. The molecule has 0 spiro atoms. The lowest BCUT2D eigenvalue weighted by molar-refractivity contribution is -0.267. The Hall–Kier alpha value is -2.26. The molecule has 0 radical (unpaired) electrons. The lowest BCUT2D eigenvalue weighted by Gasteiger charge is -2.22. The summed E-state index contributed by atoms with van der Waals surface area (Å²) < 4.78 is 72.2. The van der Waals surface area contributed by atoms with E-state index in [1.54, 1.807) is 0 Å². The van der Waals surface area contributed by atoms with Gasteiger partial charge in [0.25, 0.3) is 0 Å². The van der Waals surface area contributed by atoms with Crippen LogP contribution in [0.3, 0.4) is 0 Å². The van der Waals surface area contributed by atoms with Gasteiger partial charge in [-0.05, 0) is 0 Å². The molecule has 1 aromatic carbocycles. The maximum atomic E-state index is 12.8. The first-order chi connectivity index (χ1) is 9.63. The van der Waals surface area contributed by atoms with Gasteiger partial charge < -0.3 is 20.5 Å². The van der Waals surface area contributed by atoms with Gasteiger partial charge in [0.05, 0.1) is 11.4 Å². The van der Waals surface area contributed by atoms with E-state index in [0.29, 0.717) is 0 Å². The minimum absolute atomic E-state index is 0.0843. The van der Waals surface area contributed by atoms with Gasteiger partial charge >= 0.3 is 18.0 Å². The third-order valence-electron chi connectivity index (χ3n) is 2.60. The minimum atomic E-state index is -6.00. The number of rotatable bonds is 2. The molecular formula is C11H9F5N2O3. The van der Waals surface area contributed by atoms with Crippen LogP contribution in [-0.4, -0.2) is 31.2 Å². The molecule has 1 aliphatic rings. The standard InChI is InChI=1S/C11H9F5N2O3/c12-10(13,11(14,15)16)9(19)18-6-4-8-7(3-5(6)17)20-1-2-21-8/h3-4H,1-2,17H2,(H,18,19). The molecule has 5 nitrogen and oxygen atoms in total. The fourth-order valence-electron chi connectivity index (χ4n) is 1.54. The van der Waals surface area contributed by atoms with Crippen molar-refractivity contribution in [2.75, 3.05) is 24.3 Å². The van der Waals surface area contributed by atoms with E-state index in [9.17, 15) is 26.7 Å². The van der Waals surface area contributed by atoms with E-state index < -0.39 is 23.7 Å². The lowest BCUT2D eigenvalue weighted by Crippen LogP contribution is -2.47. The van der Waals surface area contributed by atoms with Crippen LogP contribution in [0.1, 0.15) is 0 Å². The third-order valence-corrected chi connectivity index (χ3v) is 2.60. The number of nitrogen functional groups attached to an aromatic ring is 1. The summed E-state index contributed by atoms with van der Waals surface area (Å²) >= 11 is 0. The van der Waals surface area contributed by atoms with Crippen molar-refractivity contribution in [3.05, 3.63) is 12.1 Å². The van der Waals surface area contributed by atoms with Crippen LogP contribution in [0.5, 0.6) is 11.5 Å². The second-order valence-corrected chi connectivity index (χ2v) is 4.11. The van der Waals surface area contributed by atoms with Crippen LogP contribution in [-0.2, 0) is 4.79 Å². The van der Waals surface area contributed by atoms with Crippen LogP contribution in [0.25, 0.3) is 0 Å². The molecule has 21 heavy (non-hydrogen) atoms. The zero-order valence-electron chi connectivity index (χ0n) is 10.3. The minimum Gasteiger partial charge on any atom is -0.486 e. The molecule has 0 saturated carbocycles. The van der Waals surface area contributed by atoms with Crippen molar-refractivity contribution in [2.24, 2.45) is 0 Å². The largest absolute Gasteiger partial charge is 0.486 e. The second-order valence-electron chi connectivity index (χ2n) is 4.11. The molecule has 1 aromatic rings. The number of nitrogens with one attached hydrogen (secondary N) is 1. The molecule has 0 saturated heterocycles. The molecule has 3 N–H and O–H groups in total. The molecule has 2 rings (SSSR count). The molecule has 0 unspecified atom stereocenters. The number of benzene rings is 1. The molecule has 0 atom stereocenters. The number of carbonyl (C=O) groups excluding carboxylic acids is 1. The molecule has 10 heteroatoms. The highest BCUT2D eigenvalue weighted by Gasteiger charge is 2.63. The summed E-state index contributed by atoms with van der Waals surface area (Å²) in [5.41, 5.74) is 4.81. The average Bonchev–Trinajstić information content (AvgIpc) is 2.38. The smallest absolute Gasteiger partial charge is 0.463 e. The van der Waals surface area contributed by atoms with Gasteiger partial charge in [-0.2, -0.15) is 22.0 Å². The van der Waals surface area contributed by atoms with E-state index in [2.05, 4.69) is 0 Å². The summed E-state index contributed by atoms with van der Waals surface area (Å²) in [6.45, 7) is 0.410. The molecule has 0 bridgehead atoms. The van der Waals surface area contributed by atoms with Crippen molar-refractivity contribution < 1.29 is 36.2 Å². The summed E-state index contributed by atoms with van der Waals surface area (Å²) in [5, 5.41) is 1.44. The number of hydrogen-bond donors (Lipinski definition) is 2. The normalized spacial score (nSPS) is 14.7. The highest BCUT2D eigenvalue weighted by atomic mass is 19.4. The molecule has 0 aliphatic carbocycles. The molecular weight excluding hydrogens is 303 g/mol. The Morgan fingerprint density at radius 2 is 1.62 bits per heavy atom. The maximum Gasteiger partial charge on any atom is 0.463 e. The van der Waals surface area contributed by atoms with Crippen molar-refractivity contribution >= 4 is 17.3 Å². The van der Waals surface area contributed by atoms with E-state index in [4.69, 9.17) is 15.2 Å². The summed E-state index contributed by atoms with van der Waals surface area (Å²) in [6.07, 6.45) is -6.00. The highest BCUT2D eigenvalue weighted by molar-refractivity contribution is 5.99. The predicted molar refractivity (Wildman–Crippen MR) is 61.5 cm³/mol. The van der Waals surface area contributed by atoms with E-state index >= 15 is 0 Å². The second kappa shape index (κ2) is 4.93.